The average Bonchev–Trinajstić information content (AvgIpc) is 2.28. The van der Waals surface area contributed by atoms with E-state index in [1.54, 1.807) is 0 Å². The van der Waals surface area contributed by atoms with E-state index in [0.717, 1.165) is 6.21 Å². The van der Waals surface area contributed by atoms with E-state index in [2.05, 4.69) is 5.32 Å². The van der Waals surface area contributed by atoms with Gasteiger partial charge in [-0.15, -0.1) is 0 Å². The van der Waals surface area contributed by atoms with Gasteiger partial charge in [-0.05, 0) is 0 Å². The second kappa shape index (κ2) is 4.87. The highest BCUT2D eigenvalue weighted by molar-refractivity contribution is 6.24. The summed E-state index contributed by atoms with van der Waals surface area (Å²) in [7, 11) is 1.39. The molecule has 0 saturated carbocycles. The first-order valence-corrected chi connectivity index (χ1v) is 4.32. The van der Waals surface area contributed by atoms with Gasteiger partial charge in [0.2, 0.25) is 11.9 Å². The van der Waals surface area contributed by atoms with E-state index >= 15 is 0 Å². The van der Waals surface area contributed by atoms with Gasteiger partial charge in [-0.2, -0.15) is 4.74 Å². The minimum Gasteiger partial charge on any atom is -0.618 e. The van der Waals surface area contributed by atoms with Crippen LogP contribution in [0.15, 0.2) is 24.3 Å². The Morgan fingerprint density at radius 1 is 1.25 bits per heavy atom. The Morgan fingerprint density at radius 3 is 2.19 bits per heavy atom. The molecule has 0 atom stereocenters. The molecular weight excluding hydrogens is 214 g/mol. The van der Waals surface area contributed by atoms with Gasteiger partial charge in [-0.25, -0.2) is 0 Å². The minimum absolute atomic E-state index is 0.114. The van der Waals surface area contributed by atoms with Gasteiger partial charge >= 0.3 is 5.91 Å². The largest absolute Gasteiger partial charge is 0.618 e. The van der Waals surface area contributed by atoms with Gasteiger partial charge in [-0.3, -0.25) is 14.9 Å². The van der Waals surface area contributed by atoms with Crippen molar-refractivity contribution in [2.45, 2.75) is 0 Å². The molecule has 7 nitrogen and oxygen atoms in total. The molecule has 1 amide bonds. The molecule has 0 aromatic heterocycles. The van der Waals surface area contributed by atoms with E-state index < -0.39 is 10.8 Å². The number of nitro benzene ring substituents is 1. The van der Waals surface area contributed by atoms with Crippen molar-refractivity contribution >= 4 is 23.5 Å². The summed E-state index contributed by atoms with van der Waals surface area (Å²) < 4.78 is 0.336. The third-order valence-electron chi connectivity index (χ3n) is 1.80. The van der Waals surface area contributed by atoms with Crippen molar-refractivity contribution in [1.29, 1.82) is 0 Å². The molecule has 0 aliphatic rings. The van der Waals surface area contributed by atoms with Gasteiger partial charge in [0, 0.05) is 31.3 Å². The molecule has 1 N–H and O–H groups in total. The molecule has 84 valence electrons. The van der Waals surface area contributed by atoms with Crippen LogP contribution in [-0.4, -0.2) is 28.8 Å². The van der Waals surface area contributed by atoms with Crippen LogP contribution in [0.2, 0.25) is 0 Å². The molecule has 16 heavy (non-hydrogen) atoms. The standard InChI is InChI=1S/C9H9N3O4/c1-10-9(13)6-11(14)7-2-4-8(5-3-7)12(15)16/h2-6H,1H3,(H,10,13)/b11-6-. The Bertz CT molecular complexity index is 439. The van der Waals surface area contributed by atoms with Crippen molar-refractivity contribution in [2.24, 2.45) is 0 Å². The molecule has 0 aliphatic heterocycles. The maximum Gasteiger partial charge on any atom is 0.309 e. The first kappa shape index (κ1) is 11.6. The number of nitro groups is 1. The number of carbonyl (C=O) groups excluding carboxylic acids is 1. The van der Waals surface area contributed by atoms with Crippen LogP contribution in [0.4, 0.5) is 11.4 Å². The molecule has 0 saturated heterocycles. The van der Waals surface area contributed by atoms with E-state index in [4.69, 9.17) is 0 Å². The summed E-state index contributed by atoms with van der Waals surface area (Å²) in [6.07, 6.45) is 0.807. The molecule has 0 aliphatic carbocycles. The highest BCUT2D eigenvalue weighted by atomic mass is 16.6. The summed E-state index contributed by atoms with van der Waals surface area (Å²) in [6.45, 7) is 0. The molecule has 1 aromatic rings. The van der Waals surface area contributed by atoms with Gasteiger partial charge in [0.05, 0.1) is 4.92 Å². The van der Waals surface area contributed by atoms with E-state index in [0.29, 0.717) is 4.74 Å². The third-order valence-corrected chi connectivity index (χ3v) is 1.80. The quantitative estimate of drug-likeness (QED) is 0.266. The lowest BCUT2D eigenvalue weighted by Gasteiger charge is -2.01. The summed E-state index contributed by atoms with van der Waals surface area (Å²) in [5, 5.41) is 23.9. The zero-order chi connectivity index (χ0) is 12.1. The first-order chi connectivity index (χ1) is 7.54. The van der Waals surface area contributed by atoms with Gasteiger partial charge in [0.1, 0.15) is 0 Å². The average molecular weight is 223 g/mol. The molecule has 0 bridgehead atoms. The number of non-ortho nitro benzene ring substituents is 1. The van der Waals surface area contributed by atoms with Crippen molar-refractivity contribution in [3.8, 4) is 0 Å². The monoisotopic (exact) mass is 223 g/mol. The van der Waals surface area contributed by atoms with Gasteiger partial charge in [0.25, 0.3) is 5.69 Å². The topological polar surface area (TPSA) is 98.3 Å². The summed E-state index contributed by atoms with van der Waals surface area (Å²) in [5.74, 6) is -0.548. The summed E-state index contributed by atoms with van der Waals surface area (Å²) in [5.41, 5.74) is 0.0336. The van der Waals surface area contributed by atoms with Crippen molar-refractivity contribution in [3.63, 3.8) is 0 Å². The van der Waals surface area contributed by atoms with Crippen LogP contribution < -0.4 is 5.32 Å². The Morgan fingerprint density at radius 2 is 1.75 bits per heavy atom. The fraction of sp³-hybridized carbons (Fsp3) is 0.111. The van der Waals surface area contributed by atoms with Crippen LogP contribution in [0.5, 0.6) is 0 Å². The summed E-state index contributed by atoms with van der Waals surface area (Å²) >= 11 is 0. The summed E-state index contributed by atoms with van der Waals surface area (Å²) in [4.78, 5) is 20.6. The molecule has 0 unspecified atom stereocenters. The number of hydrogen-bond donors (Lipinski definition) is 1. The number of hydrogen-bond acceptors (Lipinski definition) is 4. The molecule has 1 rings (SSSR count). The number of benzene rings is 1. The molecule has 0 spiro atoms. The Labute approximate surface area is 90.7 Å². The minimum atomic E-state index is -0.568. The number of rotatable bonds is 3. The van der Waals surface area contributed by atoms with E-state index in [1.807, 2.05) is 0 Å². The van der Waals surface area contributed by atoms with Crippen molar-refractivity contribution in [2.75, 3.05) is 7.05 Å². The second-order valence-corrected chi connectivity index (χ2v) is 2.84. The van der Waals surface area contributed by atoms with Crippen LogP contribution in [0.25, 0.3) is 0 Å². The molecule has 0 fully saturated rings. The van der Waals surface area contributed by atoms with E-state index in [1.165, 1.54) is 31.3 Å². The van der Waals surface area contributed by atoms with Gasteiger partial charge in [0.15, 0.2) is 0 Å². The third kappa shape index (κ3) is 2.77. The van der Waals surface area contributed by atoms with Crippen LogP contribution in [0.3, 0.4) is 0 Å². The molecule has 7 heteroatoms. The number of carbonyl (C=O) groups is 1. The molecular formula is C9H9N3O4. The lowest BCUT2D eigenvalue weighted by atomic mass is 10.3. The van der Waals surface area contributed by atoms with Crippen LogP contribution in [-0.2, 0) is 4.79 Å². The fourth-order valence-electron chi connectivity index (χ4n) is 0.967. The Balaban J connectivity index is 2.94. The maximum absolute atomic E-state index is 11.3. The predicted molar refractivity (Wildman–Crippen MR) is 56.5 cm³/mol. The Hall–Kier alpha value is -2.44. The van der Waals surface area contributed by atoms with Crippen molar-refractivity contribution in [1.82, 2.24) is 5.32 Å². The molecule has 0 radical (unpaired) electrons. The van der Waals surface area contributed by atoms with E-state index in [9.17, 15) is 20.1 Å². The van der Waals surface area contributed by atoms with Gasteiger partial charge < -0.3 is 10.5 Å². The molecule has 0 heterocycles. The number of nitrogens with zero attached hydrogens (tertiary/aromatic N) is 2. The fourth-order valence-corrected chi connectivity index (χ4v) is 0.967. The lowest BCUT2D eigenvalue weighted by molar-refractivity contribution is -0.385. The summed E-state index contributed by atoms with van der Waals surface area (Å²) in [6, 6.07) is 4.92. The van der Waals surface area contributed by atoms with Crippen LogP contribution in [0.1, 0.15) is 0 Å². The van der Waals surface area contributed by atoms with Gasteiger partial charge in [-0.1, -0.05) is 0 Å². The second-order valence-electron chi connectivity index (χ2n) is 2.84. The number of amides is 1. The van der Waals surface area contributed by atoms with Crippen LogP contribution >= 0.6 is 0 Å². The van der Waals surface area contributed by atoms with E-state index in [-0.39, 0.29) is 11.4 Å². The van der Waals surface area contributed by atoms with Crippen molar-refractivity contribution in [3.05, 3.63) is 39.6 Å². The highest BCUT2D eigenvalue weighted by Crippen LogP contribution is 2.16. The van der Waals surface area contributed by atoms with Crippen molar-refractivity contribution < 1.29 is 14.5 Å². The smallest absolute Gasteiger partial charge is 0.309 e. The predicted octanol–water partition coefficient (Wildman–Crippen LogP) is 0.553. The maximum atomic E-state index is 11.3. The van der Waals surface area contributed by atoms with Crippen LogP contribution in [0, 0.1) is 15.3 Å². The first-order valence-electron chi connectivity index (χ1n) is 4.32. The SMILES string of the molecule is CNC(=O)/C=[N+](\[O-])c1ccc([N+](=O)[O-])cc1. The zero-order valence-corrected chi connectivity index (χ0v) is 8.41. The number of nitrogens with one attached hydrogen (secondary N) is 1. The highest BCUT2D eigenvalue weighted by Gasteiger charge is 2.08. The zero-order valence-electron chi connectivity index (χ0n) is 8.41. The Kier molecular flexibility index (Phi) is 3.54. The lowest BCUT2D eigenvalue weighted by Crippen LogP contribution is -2.22. The normalized spacial score (nSPS) is 10.9. The molecule has 1 aromatic carbocycles.